The molecule has 1 aliphatic carbocycles. The molecule has 1 saturated carbocycles. The van der Waals surface area contributed by atoms with Crippen LogP contribution in [0, 0.1) is 41.9 Å². The number of benzene rings is 3. The summed E-state index contributed by atoms with van der Waals surface area (Å²) in [5.74, 6) is -6.74. The van der Waals surface area contributed by atoms with Crippen molar-refractivity contribution in [1.82, 2.24) is 0 Å². The van der Waals surface area contributed by atoms with Gasteiger partial charge in [-0.05, 0) is 67.2 Å². The SMILES string of the molecule is CCCCCC1CCC(c2ccc(-c3cc(C)c(F)c(F)c3Oc3cc(F)c(F)c(F)c3)cc2)CC1. The van der Waals surface area contributed by atoms with Gasteiger partial charge in [-0.3, -0.25) is 0 Å². The zero-order chi connectivity index (χ0) is 25.8. The van der Waals surface area contributed by atoms with Crippen LogP contribution < -0.4 is 4.74 Å². The van der Waals surface area contributed by atoms with E-state index < -0.39 is 40.6 Å². The molecule has 0 atom stereocenters. The van der Waals surface area contributed by atoms with Crippen molar-refractivity contribution < 1.29 is 26.7 Å². The lowest BCUT2D eigenvalue weighted by Gasteiger charge is -2.29. The average Bonchev–Trinajstić information content (AvgIpc) is 2.88. The van der Waals surface area contributed by atoms with E-state index in [1.807, 2.05) is 24.3 Å². The van der Waals surface area contributed by atoms with Gasteiger partial charge in [-0.25, -0.2) is 17.6 Å². The van der Waals surface area contributed by atoms with E-state index in [0.29, 0.717) is 23.6 Å². The van der Waals surface area contributed by atoms with Gasteiger partial charge in [0.2, 0.25) is 5.82 Å². The van der Waals surface area contributed by atoms with Crippen LogP contribution in [0.2, 0.25) is 0 Å². The van der Waals surface area contributed by atoms with E-state index in [4.69, 9.17) is 4.74 Å². The Morgan fingerprint density at radius 1 is 0.778 bits per heavy atom. The molecule has 0 radical (unpaired) electrons. The van der Waals surface area contributed by atoms with Crippen molar-refractivity contribution in [2.75, 3.05) is 0 Å². The first-order chi connectivity index (χ1) is 17.3. The van der Waals surface area contributed by atoms with Gasteiger partial charge in [-0.15, -0.1) is 0 Å². The van der Waals surface area contributed by atoms with Crippen LogP contribution in [0.15, 0.2) is 42.5 Å². The molecule has 6 heteroatoms. The Kier molecular flexibility index (Phi) is 8.32. The summed E-state index contributed by atoms with van der Waals surface area (Å²) in [6, 6.07) is 10.3. The van der Waals surface area contributed by atoms with E-state index in [0.717, 1.165) is 18.8 Å². The standard InChI is InChI=1S/C30H31F5O/c1-3-4-5-6-19-7-9-20(10-8-19)21-11-13-22(14-12-21)24-15-18(2)27(33)29(35)30(24)36-23-16-25(31)28(34)26(32)17-23/h11-17,19-20H,3-10H2,1-2H3. The molecule has 3 aromatic carbocycles. The Hall–Kier alpha value is -2.89. The van der Waals surface area contributed by atoms with Crippen molar-refractivity contribution in [1.29, 1.82) is 0 Å². The Morgan fingerprint density at radius 2 is 1.42 bits per heavy atom. The van der Waals surface area contributed by atoms with Crippen LogP contribution in [-0.2, 0) is 0 Å². The largest absolute Gasteiger partial charge is 0.453 e. The van der Waals surface area contributed by atoms with Crippen LogP contribution in [0.4, 0.5) is 22.0 Å². The molecule has 0 aromatic heterocycles. The van der Waals surface area contributed by atoms with Gasteiger partial charge in [0, 0.05) is 17.7 Å². The van der Waals surface area contributed by atoms with Crippen LogP contribution in [0.25, 0.3) is 11.1 Å². The number of hydrogen-bond acceptors (Lipinski definition) is 1. The van der Waals surface area contributed by atoms with Gasteiger partial charge in [-0.1, -0.05) is 56.9 Å². The Bertz CT molecular complexity index is 1170. The summed E-state index contributed by atoms with van der Waals surface area (Å²) in [6.45, 7) is 3.65. The quantitative estimate of drug-likeness (QED) is 0.169. The van der Waals surface area contributed by atoms with Gasteiger partial charge in [0.05, 0.1) is 0 Å². The van der Waals surface area contributed by atoms with Gasteiger partial charge >= 0.3 is 0 Å². The summed E-state index contributed by atoms with van der Waals surface area (Å²) < 4.78 is 75.4. The maximum absolute atomic E-state index is 14.9. The molecule has 0 spiro atoms. The summed E-state index contributed by atoms with van der Waals surface area (Å²) >= 11 is 0. The van der Waals surface area contributed by atoms with Gasteiger partial charge in [0.25, 0.3) is 0 Å². The minimum Gasteiger partial charge on any atom is -0.453 e. The second-order valence-corrected chi connectivity index (χ2v) is 9.84. The van der Waals surface area contributed by atoms with Gasteiger partial charge in [-0.2, -0.15) is 4.39 Å². The van der Waals surface area contributed by atoms with Crippen molar-refractivity contribution in [3.63, 3.8) is 0 Å². The third kappa shape index (κ3) is 5.74. The molecule has 3 aromatic rings. The summed E-state index contributed by atoms with van der Waals surface area (Å²) in [5.41, 5.74) is 2.08. The second-order valence-electron chi connectivity index (χ2n) is 9.84. The number of ether oxygens (including phenoxy) is 1. The lowest BCUT2D eigenvalue weighted by molar-refractivity contribution is 0.303. The van der Waals surface area contributed by atoms with Crippen LogP contribution in [0.3, 0.4) is 0 Å². The highest BCUT2D eigenvalue weighted by molar-refractivity contribution is 5.72. The van der Waals surface area contributed by atoms with E-state index in [1.165, 1.54) is 57.1 Å². The zero-order valence-electron chi connectivity index (χ0n) is 20.7. The van der Waals surface area contributed by atoms with Gasteiger partial charge in [0.1, 0.15) is 5.75 Å². The van der Waals surface area contributed by atoms with E-state index in [9.17, 15) is 22.0 Å². The van der Waals surface area contributed by atoms with E-state index in [-0.39, 0.29) is 11.1 Å². The highest BCUT2D eigenvalue weighted by Crippen LogP contribution is 2.41. The minimum absolute atomic E-state index is 0.0665. The first kappa shape index (κ1) is 26.2. The molecular weight excluding hydrogens is 471 g/mol. The predicted molar refractivity (Wildman–Crippen MR) is 132 cm³/mol. The molecule has 1 nitrogen and oxygen atoms in total. The third-order valence-corrected chi connectivity index (χ3v) is 7.28. The molecule has 0 saturated heterocycles. The van der Waals surface area contributed by atoms with Crippen LogP contribution in [0.5, 0.6) is 11.5 Å². The first-order valence-corrected chi connectivity index (χ1v) is 12.7. The third-order valence-electron chi connectivity index (χ3n) is 7.28. The molecule has 0 bridgehead atoms. The highest BCUT2D eigenvalue weighted by Gasteiger charge is 2.24. The molecule has 1 fully saturated rings. The maximum Gasteiger partial charge on any atom is 0.202 e. The van der Waals surface area contributed by atoms with Crippen molar-refractivity contribution in [2.24, 2.45) is 5.92 Å². The number of hydrogen-bond donors (Lipinski definition) is 0. The van der Waals surface area contributed by atoms with Crippen LogP contribution in [-0.4, -0.2) is 0 Å². The van der Waals surface area contributed by atoms with Gasteiger partial charge in [0.15, 0.2) is 29.0 Å². The topological polar surface area (TPSA) is 9.23 Å². The fourth-order valence-corrected chi connectivity index (χ4v) is 5.16. The van der Waals surface area contributed by atoms with Gasteiger partial charge < -0.3 is 4.74 Å². The monoisotopic (exact) mass is 502 g/mol. The number of unbranched alkanes of at least 4 members (excludes halogenated alkanes) is 2. The number of halogens is 5. The average molecular weight is 503 g/mol. The van der Waals surface area contributed by atoms with E-state index in [2.05, 4.69) is 6.92 Å². The number of rotatable bonds is 8. The Balaban J connectivity index is 1.56. The molecule has 0 amide bonds. The smallest absolute Gasteiger partial charge is 0.202 e. The summed E-state index contributed by atoms with van der Waals surface area (Å²) in [4.78, 5) is 0. The minimum atomic E-state index is -1.66. The number of aryl methyl sites for hydroxylation is 1. The highest BCUT2D eigenvalue weighted by atomic mass is 19.2. The van der Waals surface area contributed by atoms with Crippen molar-refractivity contribution in [2.45, 2.75) is 71.1 Å². The fraction of sp³-hybridized carbons (Fsp3) is 0.400. The lowest BCUT2D eigenvalue weighted by Crippen LogP contribution is -2.13. The van der Waals surface area contributed by atoms with E-state index in [1.54, 1.807) is 0 Å². The molecule has 0 N–H and O–H groups in total. The molecule has 0 unspecified atom stereocenters. The Morgan fingerprint density at radius 3 is 2.03 bits per heavy atom. The van der Waals surface area contributed by atoms with Crippen molar-refractivity contribution in [3.05, 3.63) is 82.7 Å². The van der Waals surface area contributed by atoms with Crippen molar-refractivity contribution in [3.8, 4) is 22.6 Å². The first-order valence-electron chi connectivity index (χ1n) is 12.7. The maximum atomic E-state index is 14.9. The molecule has 0 heterocycles. The summed E-state index contributed by atoms with van der Waals surface area (Å²) in [5, 5.41) is 0. The molecular formula is C30H31F5O. The summed E-state index contributed by atoms with van der Waals surface area (Å²) in [7, 11) is 0. The molecule has 1 aliphatic rings. The molecule has 192 valence electrons. The van der Waals surface area contributed by atoms with Crippen LogP contribution >= 0.6 is 0 Å². The normalized spacial score (nSPS) is 17.9. The van der Waals surface area contributed by atoms with Crippen molar-refractivity contribution >= 4 is 0 Å². The lowest BCUT2D eigenvalue weighted by atomic mass is 9.77. The summed E-state index contributed by atoms with van der Waals surface area (Å²) in [6.07, 6.45) is 9.86. The van der Waals surface area contributed by atoms with Crippen LogP contribution in [0.1, 0.15) is 75.3 Å². The predicted octanol–water partition coefficient (Wildman–Crippen LogP) is 10.0. The molecule has 0 aliphatic heterocycles. The van der Waals surface area contributed by atoms with E-state index >= 15 is 0 Å². The Labute approximate surface area is 209 Å². The second kappa shape index (κ2) is 11.4. The molecule has 36 heavy (non-hydrogen) atoms. The molecule has 4 rings (SSSR count). The zero-order valence-corrected chi connectivity index (χ0v) is 20.7. The fourth-order valence-electron chi connectivity index (χ4n) is 5.16.